The number of nitrogens with zero attached hydrogens (tertiary/aromatic N) is 1. The Morgan fingerprint density at radius 2 is 2.12 bits per heavy atom. The first kappa shape index (κ1) is 13.2. The molecule has 16 heavy (non-hydrogen) atoms. The first-order chi connectivity index (χ1) is 7.42. The first-order valence-electron chi connectivity index (χ1n) is 5.65. The molecular weight excluding hydrogens is 216 g/mol. The van der Waals surface area contributed by atoms with Crippen LogP contribution in [-0.2, 0) is 0 Å². The Labute approximate surface area is 102 Å². The van der Waals surface area contributed by atoms with Gasteiger partial charge in [-0.25, -0.2) is 0 Å². The molecule has 1 rings (SSSR count). The predicted molar refractivity (Wildman–Crippen MR) is 69.5 cm³/mol. The molecular formula is C13H20N2S. The highest BCUT2D eigenvalue weighted by Gasteiger charge is 2.12. The normalized spacial score (nSPS) is 13.4. The highest BCUT2D eigenvalue weighted by molar-refractivity contribution is 7.12. The molecule has 0 fully saturated rings. The van der Waals surface area contributed by atoms with Crippen molar-refractivity contribution in [3.63, 3.8) is 0 Å². The zero-order chi connectivity index (χ0) is 12.2. The number of thiophene rings is 1. The fourth-order valence-electron chi connectivity index (χ4n) is 1.41. The molecule has 1 aromatic rings. The van der Waals surface area contributed by atoms with Crippen molar-refractivity contribution in [2.24, 2.45) is 5.41 Å². The van der Waals surface area contributed by atoms with Crippen molar-refractivity contribution in [3.8, 4) is 6.07 Å². The van der Waals surface area contributed by atoms with E-state index in [9.17, 15) is 0 Å². The Hall–Kier alpha value is -0.850. The zero-order valence-electron chi connectivity index (χ0n) is 10.5. The first-order valence-corrected chi connectivity index (χ1v) is 6.47. The zero-order valence-corrected chi connectivity index (χ0v) is 11.3. The molecule has 1 heterocycles. The van der Waals surface area contributed by atoms with Gasteiger partial charge in [-0.3, -0.25) is 0 Å². The maximum absolute atomic E-state index is 8.76. The van der Waals surface area contributed by atoms with Gasteiger partial charge in [-0.15, -0.1) is 11.3 Å². The summed E-state index contributed by atoms with van der Waals surface area (Å²) in [4.78, 5) is 2.03. The summed E-state index contributed by atoms with van der Waals surface area (Å²) in [5, 5.41) is 12.2. The molecule has 0 aliphatic carbocycles. The summed E-state index contributed by atoms with van der Waals surface area (Å²) in [6.07, 6.45) is 1.16. The Bertz CT molecular complexity index is 368. The van der Waals surface area contributed by atoms with Crippen LogP contribution in [0.2, 0.25) is 0 Å². The van der Waals surface area contributed by atoms with Gasteiger partial charge in [-0.2, -0.15) is 5.26 Å². The Morgan fingerprint density at radius 1 is 1.44 bits per heavy atom. The minimum atomic E-state index is 0.342. The van der Waals surface area contributed by atoms with Crippen LogP contribution in [0.4, 0.5) is 0 Å². The Morgan fingerprint density at radius 3 is 2.62 bits per heavy atom. The third kappa shape index (κ3) is 4.34. The fourth-order valence-corrected chi connectivity index (χ4v) is 2.24. The summed E-state index contributed by atoms with van der Waals surface area (Å²) >= 11 is 1.58. The topological polar surface area (TPSA) is 35.8 Å². The summed E-state index contributed by atoms with van der Waals surface area (Å²) in [5.74, 6) is 0. The quantitative estimate of drug-likeness (QED) is 0.865. The average molecular weight is 236 g/mol. The van der Waals surface area contributed by atoms with Crippen LogP contribution in [-0.4, -0.2) is 6.54 Å². The number of rotatable bonds is 4. The lowest BCUT2D eigenvalue weighted by molar-refractivity contribution is 0.358. The van der Waals surface area contributed by atoms with E-state index in [2.05, 4.69) is 39.1 Å². The third-order valence-corrected chi connectivity index (χ3v) is 3.66. The van der Waals surface area contributed by atoms with Crippen molar-refractivity contribution in [2.45, 2.75) is 40.2 Å². The maximum Gasteiger partial charge on any atom is 0.110 e. The Balaban J connectivity index is 2.41. The number of nitrogens with one attached hydrogen (secondary N) is 1. The van der Waals surface area contributed by atoms with E-state index in [1.165, 1.54) is 4.88 Å². The van der Waals surface area contributed by atoms with E-state index in [0.717, 1.165) is 17.8 Å². The standard InChI is InChI=1S/C13H20N2S/c1-10(15-8-7-13(2,3)4)12-6-5-11(9-14)16-12/h5-6,10,15H,7-8H2,1-4H3. The van der Waals surface area contributed by atoms with Crippen molar-refractivity contribution >= 4 is 11.3 Å². The molecule has 1 aromatic heterocycles. The lowest BCUT2D eigenvalue weighted by Crippen LogP contribution is -2.23. The SMILES string of the molecule is CC(NCCC(C)(C)C)c1ccc(C#N)s1. The molecule has 0 saturated carbocycles. The van der Waals surface area contributed by atoms with Crippen molar-refractivity contribution < 1.29 is 0 Å². The predicted octanol–water partition coefficient (Wildman–Crippen LogP) is 3.71. The van der Waals surface area contributed by atoms with Crippen LogP contribution in [0, 0.1) is 16.7 Å². The monoisotopic (exact) mass is 236 g/mol. The van der Waals surface area contributed by atoms with Crippen molar-refractivity contribution in [1.82, 2.24) is 5.32 Å². The van der Waals surface area contributed by atoms with Crippen molar-refractivity contribution in [1.29, 1.82) is 5.26 Å². The van der Waals surface area contributed by atoms with Gasteiger partial charge in [0.05, 0.1) is 0 Å². The van der Waals surface area contributed by atoms with Crippen LogP contribution in [0.15, 0.2) is 12.1 Å². The average Bonchev–Trinajstić information content (AvgIpc) is 2.63. The molecule has 3 heteroatoms. The van der Waals surface area contributed by atoms with E-state index in [0.29, 0.717) is 11.5 Å². The molecule has 1 atom stereocenters. The number of hydrogen-bond donors (Lipinski definition) is 1. The minimum Gasteiger partial charge on any atom is -0.309 e. The summed E-state index contributed by atoms with van der Waals surface area (Å²) in [7, 11) is 0. The van der Waals surface area contributed by atoms with Gasteiger partial charge >= 0.3 is 0 Å². The smallest absolute Gasteiger partial charge is 0.110 e. The third-order valence-electron chi connectivity index (χ3n) is 2.49. The van der Waals surface area contributed by atoms with Crippen LogP contribution in [0.25, 0.3) is 0 Å². The second-order valence-electron chi connectivity index (χ2n) is 5.30. The summed E-state index contributed by atoms with van der Waals surface area (Å²) in [6, 6.07) is 6.45. The molecule has 1 unspecified atom stereocenters. The van der Waals surface area contributed by atoms with Gasteiger partial charge < -0.3 is 5.32 Å². The largest absolute Gasteiger partial charge is 0.309 e. The van der Waals surface area contributed by atoms with E-state index in [1.54, 1.807) is 11.3 Å². The highest BCUT2D eigenvalue weighted by atomic mass is 32.1. The summed E-state index contributed by atoms with van der Waals surface area (Å²) in [5.41, 5.74) is 0.375. The number of hydrogen-bond acceptors (Lipinski definition) is 3. The van der Waals surface area contributed by atoms with E-state index in [4.69, 9.17) is 5.26 Å². The summed E-state index contributed by atoms with van der Waals surface area (Å²) in [6.45, 7) is 9.91. The fraction of sp³-hybridized carbons (Fsp3) is 0.615. The molecule has 1 N–H and O–H groups in total. The minimum absolute atomic E-state index is 0.342. The van der Waals surface area contributed by atoms with Gasteiger partial charge in [0.25, 0.3) is 0 Å². The van der Waals surface area contributed by atoms with Gasteiger partial charge in [0, 0.05) is 10.9 Å². The van der Waals surface area contributed by atoms with E-state index in [1.807, 2.05) is 12.1 Å². The molecule has 0 aliphatic rings. The van der Waals surface area contributed by atoms with Crippen molar-refractivity contribution in [2.75, 3.05) is 6.54 Å². The van der Waals surface area contributed by atoms with Gasteiger partial charge in [0.2, 0.25) is 0 Å². The van der Waals surface area contributed by atoms with Gasteiger partial charge in [-0.05, 0) is 37.4 Å². The van der Waals surface area contributed by atoms with Crippen LogP contribution in [0.1, 0.15) is 49.9 Å². The Kier molecular flexibility index (Phi) is 4.52. The lowest BCUT2D eigenvalue weighted by Gasteiger charge is -2.20. The second kappa shape index (κ2) is 5.47. The van der Waals surface area contributed by atoms with Gasteiger partial charge in [-0.1, -0.05) is 20.8 Å². The molecule has 0 radical (unpaired) electrons. The van der Waals surface area contributed by atoms with Crippen molar-refractivity contribution in [3.05, 3.63) is 21.9 Å². The number of nitriles is 1. The van der Waals surface area contributed by atoms with E-state index in [-0.39, 0.29) is 0 Å². The van der Waals surface area contributed by atoms with Crippen LogP contribution >= 0.6 is 11.3 Å². The van der Waals surface area contributed by atoms with Gasteiger partial charge in [0.15, 0.2) is 0 Å². The van der Waals surface area contributed by atoms with Crippen LogP contribution < -0.4 is 5.32 Å². The molecule has 0 amide bonds. The molecule has 0 bridgehead atoms. The molecule has 0 aliphatic heterocycles. The molecule has 88 valence electrons. The van der Waals surface area contributed by atoms with E-state index >= 15 is 0 Å². The summed E-state index contributed by atoms with van der Waals surface area (Å²) < 4.78 is 0. The van der Waals surface area contributed by atoms with Crippen LogP contribution in [0.5, 0.6) is 0 Å². The molecule has 0 aromatic carbocycles. The molecule has 0 saturated heterocycles. The van der Waals surface area contributed by atoms with E-state index < -0.39 is 0 Å². The highest BCUT2D eigenvalue weighted by Crippen LogP contribution is 2.23. The lowest BCUT2D eigenvalue weighted by atomic mass is 9.92. The molecule has 0 spiro atoms. The maximum atomic E-state index is 8.76. The molecule has 2 nitrogen and oxygen atoms in total. The second-order valence-corrected chi connectivity index (χ2v) is 6.42. The van der Waals surface area contributed by atoms with Gasteiger partial charge in [0.1, 0.15) is 10.9 Å². The van der Waals surface area contributed by atoms with Crippen LogP contribution in [0.3, 0.4) is 0 Å².